The first-order valence-electron chi connectivity index (χ1n) is 3.34. The smallest absolute Gasteiger partial charge is 0.153 e. The van der Waals surface area contributed by atoms with Gasteiger partial charge >= 0.3 is 0 Å². The molecule has 0 aliphatic heterocycles. The maximum atomic E-state index is 12.9. The number of nitrogen functional groups attached to an aromatic ring is 1. The van der Waals surface area contributed by atoms with Gasteiger partial charge in [0.2, 0.25) is 0 Å². The molecule has 0 saturated heterocycles. The Morgan fingerprint density at radius 3 is 2.54 bits per heavy atom. The summed E-state index contributed by atoms with van der Waals surface area (Å²) in [7, 11) is 0. The second-order valence-corrected chi connectivity index (χ2v) is 2.36. The summed E-state index contributed by atoms with van der Waals surface area (Å²) in [5.41, 5.74) is 3.28. The van der Waals surface area contributed by atoms with Crippen molar-refractivity contribution >= 4 is 5.69 Å². The third kappa shape index (κ3) is 1.43. The number of hydrogen-bond acceptors (Lipinski definition) is 2. The number of benzene rings is 1. The molecule has 2 N–H and O–H groups in total. The van der Waals surface area contributed by atoms with E-state index in [2.05, 4.69) is 0 Å². The van der Waals surface area contributed by atoms with Crippen molar-refractivity contribution in [2.24, 2.45) is 0 Å². The SMILES string of the molecule is N#Cc1c(F)cc(N)c(F)c1CF. The molecule has 0 atom stereocenters. The van der Waals surface area contributed by atoms with E-state index in [1.165, 1.54) is 6.07 Å². The van der Waals surface area contributed by atoms with Gasteiger partial charge < -0.3 is 5.73 Å². The minimum absolute atomic E-state index is 0.496. The zero-order valence-corrected chi connectivity index (χ0v) is 6.44. The lowest BCUT2D eigenvalue weighted by Gasteiger charge is -2.04. The van der Waals surface area contributed by atoms with Gasteiger partial charge in [-0.25, -0.2) is 13.2 Å². The van der Waals surface area contributed by atoms with Crippen LogP contribution in [0.25, 0.3) is 0 Å². The Hall–Kier alpha value is -1.70. The normalized spacial score (nSPS) is 9.69. The van der Waals surface area contributed by atoms with Gasteiger partial charge in [-0.15, -0.1) is 0 Å². The van der Waals surface area contributed by atoms with Crippen molar-refractivity contribution in [1.82, 2.24) is 0 Å². The fourth-order valence-electron chi connectivity index (χ4n) is 0.947. The molecule has 1 rings (SSSR count). The van der Waals surface area contributed by atoms with Crippen LogP contribution in [0.5, 0.6) is 0 Å². The van der Waals surface area contributed by atoms with Crippen LogP contribution in [0.3, 0.4) is 0 Å². The molecule has 1 aromatic carbocycles. The topological polar surface area (TPSA) is 49.8 Å². The lowest BCUT2D eigenvalue weighted by molar-refractivity contribution is 0.459. The number of anilines is 1. The van der Waals surface area contributed by atoms with Gasteiger partial charge in [-0.2, -0.15) is 5.26 Å². The molecule has 0 radical (unpaired) electrons. The van der Waals surface area contributed by atoms with Gasteiger partial charge in [-0.3, -0.25) is 0 Å². The number of rotatable bonds is 1. The van der Waals surface area contributed by atoms with Gasteiger partial charge in [0, 0.05) is 11.6 Å². The number of nitrogens with zero attached hydrogens (tertiary/aromatic N) is 1. The largest absolute Gasteiger partial charge is 0.396 e. The van der Waals surface area contributed by atoms with E-state index in [1.54, 1.807) is 0 Å². The lowest BCUT2D eigenvalue weighted by Crippen LogP contribution is -2.01. The van der Waals surface area contributed by atoms with Crippen LogP contribution in [0, 0.1) is 23.0 Å². The average molecular weight is 186 g/mol. The molecule has 0 aliphatic rings. The van der Waals surface area contributed by atoms with Crippen molar-refractivity contribution < 1.29 is 13.2 Å². The van der Waals surface area contributed by atoms with Gasteiger partial charge in [-0.1, -0.05) is 0 Å². The summed E-state index contributed by atoms with van der Waals surface area (Å²) >= 11 is 0. The van der Waals surface area contributed by atoms with E-state index in [9.17, 15) is 13.2 Å². The first-order valence-corrected chi connectivity index (χ1v) is 3.34. The molecule has 0 aromatic heterocycles. The summed E-state index contributed by atoms with van der Waals surface area (Å²) in [5.74, 6) is -2.07. The van der Waals surface area contributed by atoms with Crippen LogP contribution in [-0.4, -0.2) is 0 Å². The van der Waals surface area contributed by atoms with Crippen LogP contribution in [0.15, 0.2) is 6.07 Å². The second kappa shape index (κ2) is 3.35. The summed E-state index contributed by atoms with van der Waals surface area (Å²) in [6.07, 6.45) is 0. The van der Waals surface area contributed by atoms with Gasteiger partial charge in [0.1, 0.15) is 18.6 Å². The molecule has 0 fully saturated rings. The molecule has 0 heterocycles. The third-order valence-corrected chi connectivity index (χ3v) is 1.59. The summed E-state index contributed by atoms with van der Waals surface area (Å²) in [5, 5.41) is 8.38. The highest BCUT2D eigenvalue weighted by Crippen LogP contribution is 2.23. The highest BCUT2D eigenvalue weighted by molar-refractivity contribution is 5.51. The Morgan fingerprint density at radius 2 is 2.08 bits per heavy atom. The van der Waals surface area contributed by atoms with Crippen molar-refractivity contribution in [3.63, 3.8) is 0 Å². The molecule has 1 aromatic rings. The predicted molar refractivity (Wildman–Crippen MR) is 40.3 cm³/mol. The number of nitriles is 1. The van der Waals surface area contributed by atoms with Crippen LogP contribution >= 0.6 is 0 Å². The van der Waals surface area contributed by atoms with E-state index < -0.39 is 35.1 Å². The Bertz CT molecular complexity index is 382. The maximum absolute atomic E-state index is 12.9. The molecule has 0 aliphatic carbocycles. The van der Waals surface area contributed by atoms with Gasteiger partial charge in [0.25, 0.3) is 0 Å². The van der Waals surface area contributed by atoms with Crippen molar-refractivity contribution in [3.8, 4) is 6.07 Å². The van der Waals surface area contributed by atoms with E-state index in [1.807, 2.05) is 0 Å². The highest BCUT2D eigenvalue weighted by Gasteiger charge is 2.16. The Labute approximate surface area is 72.4 Å². The first-order chi connectivity index (χ1) is 6.11. The standard InChI is InChI=1S/C8H5F3N2/c9-2-4-5(3-12)6(10)1-7(13)8(4)11/h1H,2,13H2. The van der Waals surface area contributed by atoms with Gasteiger partial charge in [-0.05, 0) is 0 Å². The zero-order chi connectivity index (χ0) is 10.0. The quantitative estimate of drug-likeness (QED) is 0.681. The predicted octanol–water partition coefficient (Wildman–Crippen LogP) is 1.89. The summed E-state index contributed by atoms with van der Waals surface area (Å²) in [6.45, 7) is -1.25. The minimum Gasteiger partial charge on any atom is -0.396 e. The van der Waals surface area contributed by atoms with Crippen molar-refractivity contribution in [1.29, 1.82) is 5.26 Å². The van der Waals surface area contributed by atoms with E-state index in [0.717, 1.165) is 0 Å². The molecule has 13 heavy (non-hydrogen) atoms. The van der Waals surface area contributed by atoms with Crippen molar-refractivity contribution in [2.75, 3.05) is 5.73 Å². The van der Waals surface area contributed by atoms with E-state index >= 15 is 0 Å². The third-order valence-electron chi connectivity index (χ3n) is 1.59. The van der Waals surface area contributed by atoms with E-state index in [0.29, 0.717) is 6.07 Å². The molecule has 0 spiro atoms. The molecule has 0 saturated carbocycles. The van der Waals surface area contributed by atoms with Crippen LogP contribution in [-0.2, 0) is 6.67 Å². The molecular formula is C8H5F3N2. The molecular weight excluding hydrogens is 181 g/mol. The zero-order valence-electron chi connectivity index (χ0n) is 6.44. The van der Waals surface area contributed by atoms with Crippen LogP contribution in [0.2, 0.25) is 0 Å². The Morgan fingerprint density at radius 1 is 1.46 bits per heavy atom. The molecule has 5 heteroatoms. The number of hydrogen-bond donors (Lipinski definition) is 1. The molecule has 0 unspecified atom stereocenters. The summed E-state index contributed by atoms with van der Waals surface area (Å²) < 4.78 is 38.0. The molecule has 0 bridgehead atoms. The number of alkyl halides is 1. The van der Waals surface area contributed by atoms with Crippen LogP contribution in [0.4, 0.5) is 18.9 Å². The maximum Gasteiger partial charge on any atom is 0.153 e. The van der Waals surface area contributed by atoms with Crippen LogP contribution in [0.1, 0.15) is 11.1 Å². The lowest BCUT2D eigenvalue weighted by atomic mass is 10.1. The van der Waals surface area contributed by atoms with Crippen molar-refractivity contribution in [2.45, 2.75) is 6.67 Å². The first kappa shape index (κ1) is 9.39. The number of nitrogens with two attached hydrogens (primary N) is 1. The fourth-order valence-corrected chi connectivity index (χ4v) is 0.947. The molecule has 0 amide bonds. The van der Waals surface area contributed by atoms with E-state index in [-0.39, 0.29) is 0 Å². The van der Waals surface area contributed by atoms with E-state index in [4.69, 9.17) is 11.0 Å². The summed E-state index contributed by atoms with van der Waals surface area (Å²) in [6, 6.07) is 2.03. The van der Waals surface area contributed by atoms with Gasteiger partial charge in [0.15, 0.2) is 5.82 Å². The average Bonchev–Trinajstić information content (AvgIpc) is 2.10. The Balaban J connectivity index is 3.53. The fraction of sp³-hybridized carbons (Fsp3) is 0.125. The monoisotopic (exact) mass is 186 g/mol. The highest BCUT2D eigenvalue weighted by atomic mass is 19.1. The van der Waals surface area contributed by atoms with Crippen molar-refractivity contribution in [3.05, 3.63) is 28.8 Å². The molecule has 68 valence electrons. The molecule has 2 nitrogen and oxygen atoms in total. The van der Waals surface area contributed by atoms with Gasteiger partial charge in [0.05, 0.1) is 11.3 Å². The minimum atomic E-state index is -1.25. The Kier molecular flexibility index (Phi) is 2.42. The number of halogens is 3. The van der Waals surface area contributed by atoms with Crippen LogP contribution < -0.4 is 5.73 Å². The second-order valence-electron chi connectivity index (χ2n) is 2.36. The summed E-state index contributed by atoms with van der Waals surface area (Å²) in [4.78, 5) is 0.